The maximum atomic E-state index is 12.1. The number of amides is 1. The summed E-state index contributed by atoms with van der Waals surface area (Å²) in [7, 11) is 0. The second-order valence-electron chi connectivity index (χ2n) is 4.36. The summed E-state index contributed by atoms with van der Waals surface area (Å²) in [6.45, 7) is 6.09. The van der Waals surface area contributed by atoms with Gasteiger partial charge in [-0.05, 0) is 32.4 Å². The molecule has 0 aliphatic carbocycles. The fourth-order valence-corrected chi connectivity index (χ4v) is 2.79. The highest BCUT2D eigenvalue weighted by molar-refractivity contribution is 7.11. The monoisotopic (exact) mass is 275 g/mol. The van der Waals surface area contributed by atoms with E-state index in [1.54, 1.807) is 35.9 Å². The van der Waals surface area contributed by atoms with Gasteiger partial charge in [-0.3, -0.25) is 9.78 Å². The van der Waals surface area contributed by atoms with Crippen molar-refractivity contribution < 1.29 is 4.79 Å². The number of hydrogen-bond donors (Lipinski definition) is 1. The zero-order valence-corrected chi connectivity index (χ0v) is 12.1. The highest BCUT2D eigenvalue weighted by Gasteiger charge is 2.17. The van der Waals surface area contributed by atoms with Gasteiger partial charge in [0.05, 0.1) is 11.7 Å². The van der Waals surface area contributed by atoms with Crippen LogP contribution in [0, 0.1) is 13.8 Å². The zero-order valence-electron chi connectivity index (χ0n) is 11.3. The Balaban J connectivity index is 2.14. The quantitative estimate of drug-likeness (QED) is 0.933. The summed E-state index contributed by atoms with van der Waals surface area (Å²) in [6, 6.07) is 3.39. The predicted molar refractivity (Wildman–Crippen MR) is 76.3 cm³/mol. The van der Waals surface area contributed by atoms with Crippen LogP contribution < -0.4 is 5.32 Å². The van der Waals surface area contributed by atoms with Crippen LogP contribution in [0.3, 0.4) is 0 Å². The lowest BCUT2D eigenvalue weighted by molar-refractivity contribution is 0.0935. The molecule has 0 aliphatic rings. The van der Waals surface area contributed by atoms with Crippen LogP contribution in [0.4, 0.5) is 0 Å². The largest absolute Gasteiger partial charge is 0.343 e. The molecular weight excluding hydrogens is 258 g/mol. The van der Waals surface area contributed by atoms with Gasteiger partial charge in [0, 0.05) is 22.8 Å². The Morgan fingerprint density at radius 3 is 2.58 bits per heavy atom. The lowest BCUT2D eigenvalue weighted by Crippen LogP contribution is -2.28. The number of nitrogens with one attached hydrogen (secondary N) is 1. The van der Waals surface area contributed by atoms with Crippen molar-refractivity contribution in [3.05, 3.63) is 45.7 Å². The first kappa shape index (κ1) is 13.7. The van der Waals surface area contributed by atoms with Crippen molar-refractivity contribution in [2.75, 3.05) is 0 Å². The number of carbonyl (C=O) groups is 1. The molecule has 0 spiro atoms. The van der Waals surface area contributed by atoms with Gasteiger partial charge in [0.2, 0.25) is 0 Å². The highest BCUT2D eigenvalue weighted by Crippen LogP contribution is 2.25. The van der Waals surface area contributed by atoms with Crippen molar-refractivity contribution in [2.45, 2.75) is 33.2 Å². The van der Waals surface area contributed by atoms with E-state index in [0.29, 0.717) is 5.56 Å². The van der Waals surface area contributed by atoms with E-state index in [9.17, 15) is 4.79 Å². The van der Waals surface area contributed by atoms with Gasteiger partial charge in [-0.1, -0.05) is 6.92 Å². The summed E-state index contributed by atoms with van der Waals surface area (Å²) in [5.41, 5.74) is 1.66. The SMILES string of the molecule is CC[C@@H](NC(=O)c1ccncc1)c1nc(C)c(C)s1. The molecule has 0 saturated heterocycles. The summed E-state index contributed by atoms with van der Waals surface area (Å²) < 4.78 is 0. The molecule has 2 aromatic rings. The summed E-state index contributed by atoms with van der Waals surface area (Å²) >= 11 is 1.65. The first-order chi connectivity index (χ1) is 9.11. The molecule has 19 heavy (non-hydrogen) atoms. The minimum atomic E-state index is -0.0836. The van der Waals surface area contributed by atoms with Crippen molar-refractivity contribution in [3.63, 3.8) is 0 Å². The third-order valence-electron chi connectivity index (χ3n) is 3.00. The Morgan fingerprint density at radius 2 is 2.05 bits per heavy atom. The molecule has 2 aromatic heterocycles. The van der Waals surface area contributed by atoms with Gasteiger partial charge in [0.15, 0.2) is 0 Å². The van der Waals surface area contributed by atoms with Gasteiger partial charge < -0.3 is 5.32 Å². The molecule has 0 bridgehead atoms. The average molecular weight is 275 g/mol. The predicted octanol–water partition coefficient (Wildman–Crippen LogP) is 3.04. The topological polar surface area (TPSA) is 54.9 Å². The first-order valence-electron chi connectivity index (χ1n) is 6.26. The third kappa shape index (κ3) is 3.17. The van der Waals surface area contributed by atoms with Crippen LogP contribution in [-0.4, -0.2) is 15.9 Å². The van der Waals surface area contributed by atoms with Gasteiger partial charge in [0.1, 0.15) is 5.01 Å². The van der Waals surface area contributed by atoms with Gasteiger partial charge in [-0.15, -0.1) is 11.3 Å². The molecule has 1 N–H and O–H groups in total. The summed E-state index contributed by atoms with van der Waals surface area (Å²) in [4.78, 5) is 21.7. The molecule has 1 atom stereocenters. The average Bonchev–Trinajstić information content (AvgIpc) is 2.76. The van der Waals surface area contributed by atoms with Crippen molar-refractivity contribution in [3.8, 4) is 0 Å². The number of nitrogens with zero attached hydrogens (tertiary/aromatic N) is 2. The Bertz CT molecular complexity index is 546. The van der Waals surface area contributed by atoms with Gasteiger partial charge in [0.25, 0.3) is 5.91 Å². The van der Waals surface area contributed by atoms with E-state index in [1.165, 1.54) is 4.88 Å². The minimum absolute atomic E-state index is 0.0296. The van der Waals surface area contributed by atoms with Crippen molar-refractivity contribution in [1.29, 1.82) is 0 Å². The molecule has 0 aliphatic heterocycles. The first-order valence-corrected chi connectivity index (χ1v) is 7.08. The van der Waals surface area contributed by atoms with E-state index >= 15 is 0 Å². The lowest BCUT2D eigenvalue weighted by Gasteiger charge is -2.14. The molecule has 0 saturated carbocycles. The molecule has 0 radical (unpaired) electrons. The van der Waals surface area contributed by atoms with Gasteiger partial charge in [-0.2, -0.15) is 0 Å². The standard InChI is InChI=1S/C14H17N3OS/c1-4-12(14-16-9(2)10(3)19-14)17-13(18)11-5-7-15-8-6-11/h5-8,12H,4H2,1-3H3,(H,17,18)/t12-/m1/s1. The Hall–Kier alpha value is -1.75. The van der Waals surface area contributed by atoms with Crippen molar-refractivity contribution in [1.82, 2.24) is 15.3 Å². The summed E-state index contributed by atoms with van der Waals surface area (Å²) in [6.07, 6.45) is 4.06. The van der Waals surface area contributed by atoms with Crippen molar-refractivity contribution >= 4 is 17.2 Å². The highest BCUT2D eigenvalue weighted by atomic mass is 32.1. The van der Waals surface area contributed by atoms with Gasteiger partial charge in [-0.25, -0.2) is 4.98 Å². The number of thiazole rings is 1. The van der Waals surface area contributed by atoms with Crippen LogP contribution in [0.15, 0.2) is 24.5 Å². The smallest absolute Gasteiger partial charge is 0.251 e. The van der Waals surface area contributed by atoms with Crippen LogP contribution in [0.2, 0.25) is 0 Å². The molecule has 0 unspecified atom stereocenters. The number of rotatable bonds is 4. The molecular formula is C14H17N3OS. The Kier molecular flexibility index (Phi) is 4.27. The van der Waals surface area contributed by atoms with E-state index in [4.69, 9.17) is 0 Å². The van der Waals surface area contributed by atoms with Crippen molar-refractivity contribution in [2.24, 2.45) is 0 Å². The minimum Gasteiger partial charge on any atom is -0.343 e. The molecule has 0 aromatic carbocycles. The molecule has 100 valence electrons. The van der Waals surface area contributed by atoms with Gasteiger partial charge >= 0.3 is 0 Å². The molecule has 2 rings (SSSR count). The number of aromatic nitrogens is 2. The summed E-state index contributed by atoms with van der Waals surface area (Å²) in [5, 5.41) is 3.99. The van der Waals surface area contributed by atoms with E-state index < -0.39 is 0 Å². The van der Waals surface area contributed by atoms with Crippen LogP contribution in [0.5, 0.6) is 0 Å². The van der Waals surface area contributed by atoms with Crippen LogP contribution >= 0.6 is 11.3 Å². The molecule has 2 heterocycles. The third-order valence-corrected chi connectivity index (χ3v) is 4.19. The number of aryl methyl sites for hydroxylation is 2. The van der Waals surface area contributed by atoms with E-state index in [1.807, 2.05) is 20.8 Å². The fourth-order valence-electron chi connectivity index (χ4n) is 1.73. The van der Waals surface area contributed by atoms with Crippen LogP contribution in [-0.2, 0) is 0 Å². The zero-order chi connectivity index (χ0) is 13.8. The summed E-state index contributed by atoms with van der Waals surface area (Å²) in [5.74, 6) is -0.0836. The van der Waals surface area contributed by atoms with E-state index in [-0.39, 0.29) is 11.9 Å². The number of pyridine rings is 1. The maximum Gasteiger partial charge on any atom is 0.251 e. The molecule has 0 fully saturated rings. The number of carbonyl (C=O) groups excluding carboxylic acids is 1. The molecule has 5 heteroatoms. The lowest BCUT2D eigenvalue weighted by atomic mass is 10.2. The molecule has 1 amide bonds. The molecule has 4 nitrogen and oxygen atoms in total. The fraction of sp³-hybridized carbons (Fsp3) is 0.357. The maximum absolute atomic E-state index is 12.1. The Labute approximate surface area is 116 Å². The van der Waals surface area contributed by atoms with E-state index in [2.05, 4.69) is 15.3 Å². The Morgan fingerprint density at radius 1 is 1.37 bits per heavy atom. The second kappa shape index (κ2) is 5.93. The number of hydrogen-bond acceptors (Lipinski definition) is 4. The van der Waals surface area contributed by atoms with Crippen LogP contribution in [0.1, 0.15) is 45.3 Å². The van der Waals surface area contributed by atoms with Crippen LogP contribution in [0.25, 0.3) is 0 Å². The normalized spacial score (nSPS) is 12.2. The second-order valence-corrected chi connectivity index (χ2v) is 5.60. The van der Waals surface area contributed by atoms with E-state index in [0.717, 1.165) is 17.1 Å².